The zero-order valence-corrected chi connectivity index (χ0v) is 17.0. The summed E-state index contributed by atoms with van der Waals surface area (Å²) in [5, 5.41) is 7.72. The van der Waals surface area contributed by atoms with Gasteiger partial charge in [-0.25, -0.2) is 15.0 Å². The number of morpholine rings is 1. The second kappa shape index (κ2) is 8.25. The first kappa shape index (κ1) is 18.8. The number of fused-ring (bicyclic) bond motifs is 2. The maximum Gasteiger partial charge on any atom is 0.227 e. The van der Waals surface area contributed by atoms with E-state index in [1.165, 1.54) is 0 Å². The Labute approximate surface area is 174 Å². The lowest BCUT2D eigenvalue weighted by Crippen LogP contribution is -2.39. The number of benzene rings is 2. The molecule has 1 aliphatic heterocycles. The van der Waals surface area contributed by atoms with Crippen LogP contribution in [-0.2, 0) is 4.74 Å². The number of nitrogens with one attached hydrogen (secondary N) is 3. The number of nitrogens with zero attached hydrogens (tertiary/aromatic N) is 4. The number of anilines is 3. The molecule has 0 unspecified atom stereocenters. The van der Waals surface area contributed by atoms with Crippen LogP contribution in [0.2, 0.25) is 0 Å². The molecule has 30 heavy (non-hydrogen) atoms. The van der Waals surface area contributed by atoms with Crippen molar-refractivity contribution < 1.29 is 4.74 Å². The van der Waals surface area contributed by atoms with Crippen LogP contribution in [-0.4, -0.2) is 64.2 Å². The molecular weight excluding hydrogens is 378 g/mol. The molecule has 154 valence electrons. The van der Waals surface area contributed by atoms with Crippen molar-refractivity contribution in [1.82, 2.24) is 24.8 Å². The molecule has 5 rings (SSSR count). The fourth-order valence-electron chi connectivity index (χ4n) is 3.72. The van der Waals surface area contributed by atoms with Crippen molar-refractivity contribution in [1.29, 1.82) is 0 Å². The van der Waals surface area contributed by atoms with Crippen molar-refractivity contribution in [2.75, 3.05) is 50.0 Å². The van der Waals surface area contributed by atoms with Gasteiger partial charge in [0, 0.05) is 43.4 Å². The zero-order chi connectivity index (χ0) is 20.3. The van der Waals surface area contributed by atoms with E-state index in [0.29, 0.717) is 5.95 Å². The average molecular weight is 403 g/mol. The van der Waals surface area contributed by atoms with Gasteiger partial charge in [-0.2, -0.15) is 0 Å². The van der Waals surface area contributed by atoms with Gasteiger partial charge >= 0.3 is 0 Å². The molecule has 2 aromatic heterocycles. The first-order valence-electron chi connectivity index (χ1n) is 10.3. The number of rotatable bonds is 6. The number of aromatic amines is 1. The molecule has 0 spiro atoms. The Morgan fingerprint density at radius 3 is 2.93 bits per heavy atom. The summed E-state index contributed by atoms with van der Waals surface area (Å²) in [7, 11) is 0. The molecule has 0 amide bonds. The lowest BCUT2D eigenvalue weighted by atomic mass is 10.1. The van der Waals surface area contributed by atoms with Crippen LogP contribution in [0.15, 0.2) is 42.6 Å². The van der Waals surface area contributed by atoms with Crippen molar-refractivity contribution in [2.45, 2.75) is 6.92 Å². The number of imidazole rings is 1. The average Bonchev–Trinajstić information content (AvgIpc) is 3.17. The fraction of sp³-hybridized carbons (Fsp3) is 0.318. The molecule has 3 N–H and O–H groups in total. The molecule has 0 saturated carbocycles. The van der Waals surface area contributed by atoms with Crippen LogP contribution in [0, 0.1) is 6.92 Å². The van der Waals surface area contributed by atoms with Gasteiger partial charge in [-0.15, -0.1) is 0 Å². The summed E-state index contributed by atoms with van der Waals surface area (Å²) < 4.78 is 5.39. The lowest BCUT2D eigenvalue weighted by Gasteiger charge is -2.26. The first-order valence-corrected chi connectivity index (χ1v) is 10.3. The largest absolute Gasteiger partial charge is 0.379 e. The molecule has 2 aromatic carbocycles. The minimum absolute atomic E-state index is 0.583. The van der Waals surface area contributed by atoms with Crippen molar-refractivity contribution in [3.8, 4) is 0 Å². The number of H-pyrrole nitrogens is 1. The molecule has 0 radical (unpaired) electrons. The molecule has 3 heterocycles. The number of hydrogen-bond acceptors (Lipinski definition) is 7. The van der Waals surface area contributed by atoms with Crippen LogP contribution in [0.3, 0.4) is 0 Å². The van der Waals surface area contributed by atoms with E-state index in [2.05, 4.69) is 48.5 Å². The molecule has 0 aliphatic carbocycles. The van der Waals surface area contributed by atoms with Gasteiger partial charge in [-0.3, -0.25) is 4.90 Å². The fourth-order valence-corrected chi connectivity index (χ4v) is 3.72. The number of para-hydroxylation sites is 1. The minimum Gasteiger partial charge on any atom is -0.379 e. The van der Waals surface area contributed by atoms with E-state index in [1.807, 2.05) is 36.5 Å². The highest BCUT2D eigenvalue weighted by Gasteiger charge is 2.10. The van der Waals surface area contributed by atoms with Gasteiger partial charge < -0.3 is 20.4 Å². The summed E-state index contributed by atoms with van der Waals surface area (Å²) in [6, 6.07) is 12.1. The number of aryl methyl sites for hydroxylation is 1. The summed E-state index contributed by atoms with van der Waals surface area (Å²) in [6.45, 7) is 7.51. The van der Waals surface area contributed by atoms with Crippen LogP contribution in [0.25, 0.3) is 21.9 Å². The highest BCUT2D eigenvalue weighted by molar-refractivity contribution is 5.84. The summed E-state index contributed by atoms with van der Waals surface area (Å²) in [6.07, 6.45) is 1.85. The Morgan fingerprint density at radius 1 is 1.13 bits per heavy atom. The van der Waals surface area contributed by atoms with E-state index in [9.17, 15) is 0 Å². The van der Waals surface area contributed by atoms with Gasteiger partial charge in [-0.05, 0) is 30.7 Å². The Bertz CT molecular complexity index is 1170. The van der Waals surface area contributed by atoms with E-state index >= 15 is 0 Å². The molecule has 8 nitrogen and oxygen atoms in total. The van der Waals surface area contributed by atoms with Crippen molar-refractivity contribution in [3.05, 3.63) is 48.2 Å². The number of aromatic nitrogens is 4. The third-order valence-corrected chi connectivity index (χ3v) is 5.37. The summed E-state index contributed by atoms with van der Waals surface area (Å²) in [5.74, 6) is 1.37. The predicted octanol–water partition coefficient (Wildman–Crippen LogP) is 3.30. The lowest BCUT2D eigenvalue weighted by molar-refractivity contribution is 0.0398. The van der Waals surface area contributed by atoms with Crippen LogP contribution in [0.1, 0.15) is 5.56 Å². The highest BCUT2D eigenvalue weighted by Crippen LogP contribution is 2.22. The Kier molecular flexibility index (Phi) is 5.17. The molecule has 0 bridgehead atoms. The molecular formula is C22H25N7O. The third kappa shape index (κ3) is 4.05. The van der Waals surface area contributed by atoms with Crippen LogP contribution in [0.4, 0.5) is 17.6 Å². The van der Waals surface area contributed by atoms with Crippen molar-refractivity contribution in [2.24, 2.45) is 0 Å². The maximum atomic E-state index is 5.39. The Hall–Kier alpha value is -3.23. The smallest absolute Gasteiger partial charge is 0.227 e. The van der Waals surface area contributed by atoms with Crippen LogP contribution >= 0.6 is 0 Å². The second-order valence-corrected chi connectivity index (χ2v) is 7.53. The number of ether oxygens (including phenoxy) is 1. The minimum atomic E-state index is 0.583. The van der Waals surface area contributed by atoms with Crippen molar-refractivity contribution >= 4 is 39.5 Å². The van der Waals surface area contributed by atoms with E-state index in [1.54, 1.807) is 0 Å². The van der Waals surface area contributed by atoms with Gasteiger partial charge in [0.25, 0.3) is 0 Å². The third-order valence-electron chi connectivity index (χ3n) is 5.37. The first-order chi connectivity index (χ1) is 14.7. The van der Waals surface area contributed by atoms with Crippen LogP contribution < -0.4 is 10.6 Å². The van der Waals surface area contributed by atoms with Gasteiger partial charge in [0.2, 0.25) is 11.9 Å². The standard InChI is InChI=1S/C22H25N7O/c1-15-3-2-4-16-14-24-22(28-20(15)16)25-17-5-6-18-19(13-17)27-21(26-18)23-7-8-29-9-11-30-12-10-29/h2-6,13-14H,7-12H2,1H3,(H2,23,26,27)(H,24,25,28). The number of hydrogen-bond donors (Lipinski definition) is 3. The van der Waals surface area contributed by atoms with E-state index in [0.717, 1.165) is 78.5 Å². The van der Waals surface area contributed by atoms with E-state index in [-0.39, 0.29) is 0 Å². The summed E-state index contributed by atoms with van der Waals surface area (Å²) in [5.41, 5.74) is 4.90. The van der Waals surface area contributed by atoms with Gasteiger partial charge in [0.1, 0.15) is 0 Å². The summed E-state index contributed by atoms with van der Waals surface area (Å²) in [4.78, 5) is 19.5. The molecule has 1 saturated heterocycles. The molecule has 0 atom stereocenters. The highest BCUT2D eigenvalue weighted by atomic mass is 16.5. The topological polar surface area (TPSA) is 91.0 Å². The second-order valence-electron chi connectivity index (χ2n) is 7.53. The quantitative estimate of drug-likeness (QED) is 0.455. The zero-order valence-electron chi connectivity index (χ0n) is 17.0. The molecule has 1 fully saturated rings. The Morgan fingerprint density at radius 2 is 2.03 bits per heavy atom. The van der Waals surface area contributed by atoms with Gasteiger partial charge in [0.15, 0.2) is 0 Å². The van der Waals surface area contributed by atoms with E-state index < -0.39 is 0 Å². The predicted molar refractivity (Wildman–Crippen MR) is 119 cm³/mol. The monoisotopic (exact) mass is 403 g/mol. The molecule has 4 aromatic rings. The van der Waals surface area contributed by atoms with Gasteiger partial charge in [0.05, 0.1) is 29.8 Å². The normalized spacial score (nSPS) is 15.0. The molecule has 1 aliphatic rings. The Balaban J connectivity index is 1.27. The maximum absolute atomic E-state index is 5.39. The SMILES string of the molecule is Cc1cccc2cnc(Nc3ccc4nc(NCCN5CCOCC5)[nH]c4c3)nc12. The summed E-state index contributed by atoms with van der Waals surface area (Å²) >= 11 is 0. The van der Waals surface area contributed by atoms with Crippen LogP contribution in [0.5, 0.6) is 0 Å². The molecule has 8 heteroatoms. The van der Waals surface area contributed by atoms with E-state index in [4.69, 9.17) is 4.74 Å². The van der Waals surface area contributed by atoms with Gasteiger partial charge in [-0.1, -0.05) is 18.2 Å². The van der Waals surface area contributed by atoms with Crippen molar-refractivity contribution in [3.63, 3.8) is 0 Å².